The van der Waals surface area contributed by atoms with Gasteiger partial charge in [-0.25, -0.2) is 13.2 Å². The van der Waals surface area contributed by atoms with E-state index in [2.05, 4.69) is 4.74 Å². The van der Waals surface area contributed by atoms with Crippen molar-refractivity contribution in [2.75, 3.05) is 12.9 Å². The van der Waals surface area contributed by atoms with Gasteiger partial charge in [0.1, 0.15) is 0 Å². The van der Waals surface area contributed by atoms with E-state index in [4.69, 9.17) is 0 Å². The summed E-state index contributed by atoms with van der Waals surface area (Å²) in [7, 11) is -2.27. The van der Waals surface area contributed by atoms with Gasteiger partial charge in [-0.2, -0.15) is 0 Å². The summed E-state index contributed by atoms with van der Waals surface area (Å²) in [5, 5.41) is 0. The maximum atomic E-state index is 12.2. The zero-order chi connectivity index (χ0) is 14.3. The van der Waals surface area contributed by atoms with Gasteiger partial charge >= 0.3 is 5.97 Å². The van der Waals surface area contributed by atoms with E-state index < -0.39 is 15.8 Å². The van der Waals surface area contributed by atoms with Crippen LogP contribution in [-0.2, 0) is 19.4 Å². The smallest absolute Gasteiger partial charge is 0.334 e. The van der Waals surface area contributed by atoms with E-state index in [-0.39, 0.29) is 16.2 Å². The first kappa shape index (κ1) is 15.4. The monoisotopic (exact) mass is 282 g/mol. The van der Waals surface area contributed by atoms with E-state index in [1.165, 1.54) is 19.2 Å². The number of allylic oxidation sites excluding steroid dienone is 1. The normalized spacial score (nSPS) is 12.2. The number of hydrogen-bond donors (Lipinski definition) is 0. The van der Waals surface area contributed by atoms with E-state index in [1.807, 2.05) is 6.92 Å². The first-order valence-electron chi connectivity index (χ1n) is 6.06. The average Bonchev–Trinajstić information content (AvgIpc) is 2.43. The minimum Gasteiger partial charge on any atom is -0.466 e. The van der Waals surface area contributed by atoms with E-state index >= 15 is 0 Å². The molecule has 0 atom stereocenters. The van der Waals surface area contributed by atoms with E-state index in [9.17, 15) is 13.2 Å². The molecule has 104 valence electrons. The topological polar surface area (TPSA) is 60.4 Å². The van der Waals surface area contributed by atoms with Gasteiger partial charge in [0, 0.05) is 5.57 Å². The van der Waals surface area contributed by atoms with Crippen LogP contribution < -0.4 is 0 Å². The molecule has 4 nitrogen and oxygen atoms in total. The van der Waals surface area contributed by atoms with Crippen molar-refractivity contribution in [1.82, 2.24) is 0 Å². The predicted molar refractivity (Wildman–Crippen MR) is 73.5 cm³/mol. The van der Waals surface area contributed by atoms with Crippen LogP contribution in [-0.4, -0.2) is 27.2 Å². The Morgan fingerprint density at radius 3 is 2.42 bits per heavy atom. The highest BCUT2D eigenvalue weighted by Crippen LogP contribution is 2.15. The van der Waals surface area contributed by atoms with Gasteiger partial charge in [0.15, 0.2) is 9.84 Å². The molecule has 0 unspecified atom stereocenters. The molecule has 19 heavy (non-hydrogen) atoms. The number of sulfone groups is 1. The molecule has 0 aliphatic rings. The van der Waals surface area contributed by atoms with E-state index in [0.717, 1.165) is 6.42 Å². The highest BCUT2D eigenvalue weighted by atomic mass is 32.2. The quantitative estimate of drug-likeness (QED) is 0.593. The Kier molecular flexibility index (Phi) is 5.76. The molecule has 0 aliphatic heterocycles. The number of ether oxygens (including phenoxy) is 1. The highest BCUT2D eigenvalue weighted by molar-refractivity contribution is 7.91. The van der Waals surface area contributed by atoms with Gasteiger partial charge in [-0.05, 0) is 18.6 Å². The van der Waals surface area contributed by atoms with Crippen molar-refractivity contribution in [3.05, 3.63) is 42.0 Å². The molecular formula is C14H18O4S. The molecule has 5 heteroatoms. The summed E-state index contributed by atoms with van der Waals surface area (Å²) in [5.41, 5.74) is 0.188. The van der Waals surface area contributed by atoms with Crippen LogP contribution >= 0.6 is 0 Å². The maximum Gasteiger partial charge on any atom is 0.334 e. The number of benzene rings is 1. The van der Waals surface area contributed by atoms with Crippen LogP contribution in [0.1, 0.15) is 19.8 Å². The van der Waals surface area contributed by atoms with Gasteiger partial charge in [0.25, 0.3) is 0 Å². The fourth-order valence-corrected chi connectivity index (χ4v) is 2.95. The summed E-state index contributed by atoms with van der Waals surface area (Å²) in [4.78, 5) is 11.8. The number of esters is 1. The van der Waals surface area contributed by atoms with Crippen molar-refractivity contribution in [2.24, 2.45) is 0 Å². The Morgan fingerprint density at radius 1 is 1.26 bits per heavy atom. The SMILES string of the molecule is CCC/C=C(\CS(=O)(=O)c1ccccc1)C(=O)OC. The standard InChI is InChI=1S/C14H18O4S/c1-3-4-8-12(14(15)18-2)11-19(16,17)13-9-6-5-7-10-13/h5-10H,3-4,11H2,1-2H3/b12-8+. The van der Waals surface area contributed by atoms with Gasteiger partial charge < -0.3 is 4.74 Å². The maximum absolute atomic E-state index is 12.2. The summed E-state index contributed by atoms with van der Waals surface area (Å²) >= 11 is 0. The molecule has 1 aromatic carbocycles. The van der Waals surface area contributed by atoms with Crippen molar-refractivity contribution < 1.29 is 17.9 Å². The minimum absolute atomic E-state index is 0.188. The third kappa shape index (κ3) is 4.52. The molecule has 0 saturated carbocycles. The Hall–Kier alpha value is -1.62. The molecule has 0 saturated heterocycles. The van der Waals surface area contributed by atoms with Crippen molar-refractivity contribution in [3.8, 4) is 0 Å². The number of methoxy groups -OCH3 is 1. The second-order valence-electron chi connectivity index (χ2n) is 4.08. The fourth-order valence-electron chi connectivity index (χ4n) is 1.57. The molecule has 0 heterocycles. The molecular weight excluding hydrogens is 264 g/mol. The second kappa shape index (κ2) is 7.09. The predicted octanol–water partition coefficient (Wildman–Crippen LogP) is 2.36. The van der Waals surface area contributed by atoms with E-state index in [0.29, 0.717) is 6.42 Å². The number of rotatable bonds is 6. The molecule has 0 aliphatic carbocycles. The Bertz CT molecular complexity index is 544. The largest absolute Gasteiger partial charge is 0.466 e. The molecule has 0 fully saturated rings. The van der Waals surface area contributed by atoms with Crippen molar-refractivity contribution in [1.29, 1.82) is 0 Å². The lowest BCUT2D eigenvalue weighted by Crippen LogP contribution is -2.16. The van der Waals surface area contributed by atoms with Crippen molar-refractivity contribution in [3.63, 3.8) is 0 Å². The number of unbranched alkanes of at least 4 members (excludes halogenated alkanes) is 1. The second-order valence-corrected chi connectivity index (χ2v) is 6.07. The lowest BCUT2D eigenvalue weighted by atomic mass is 10.2. The Balaban J connectivity index is 2.99. The zero-order valence-electron chi connectivity index (χ0n) is 11.1. The summed E-state index contributed by atoms with van der Waals surface area (Å²) in [6.07, 6.45) is 3.12. The minimum atomic E-state index is -3.51. The lowest BCUT2D eigenvalue weighted by molar-refractivity contribution is -0.136. The van der Waals surface area contributed by atoms with E-state index in [1.54, 1.807) is 24.3 Å². The summed E-state index contributed by atoms with van der Waals surface area (Å²) in [6, 6.07) is 8.09. The number of hydrogen-bond acceptors (Lipinski definition) is 4. The molecule has 1 rings (SSSR count). The van der Waals surface area contributed by atoms with Crippen LogP contribution in [0.2, 0.25) is 0 Å². The summed E-state index contributed by atoms with van der Waals surface area (Å²) < 4.78 is 29.0. The molecule has 0 N–H and O–H groups in total. The van der Waals surface area contributed by atoms with Gasteiger partial charge in [-0.15, -0.1) is 0 Å². The Morgan fingerprint density at radius 2 is 1.89 bits per heavy atom. The average molecular weight is 282 g/mol. The van der Waals surface area contributed by atoms with Crippen molar-refractivity contribution >= 4 is 15.8 Å². The molecule has 0 spiro atoms. The van der Waals surface area contributed by atoms with Crippen molar-refractivity contribution in [2.45, 2.75) is 24.7 Å². The van der Waals surface area contributed by atoms with Crippen LogP contribution in [0.25, 0.3) is 0 Å². The van der Waals surface area contributed by atoms with Gasteiger partial charge in [0.2, 0.25) is 0 Å². The summed E-state index contributed by atoms with van der Waals surface area (Å²) in [5.74, 6) is -0.920. The first-order chi connectivity index (χ1) is 9.01. The van der Waals surface area contributed by atoms with Gasteiger partial charge in [-0.3, -0.25) is 0 Å². The number of carbonyl (C=O) groups is 1. The Labute approximate surface area is 114 Å². The first-order valence-corrected chi connectivity index (χ1v) is 7.71. The third-order valence-electron chi connectivity index (χ3n) is 2.57. The van der Waals surface area contributed by atoms with Crippen LogP contribution in [0.3, 0.4) is 0 Å². The third-order valence-corrected chi connectivity index (χ3v) is 4.26. The number of carbonyl (C=O) groups excluding carboxylic acids is 1. The fraction of sp³-hybridized carbons (Fsp3) is 0.357. The molecule has 0 amide bonds. The van der Waals surface area contributed by atoms with Crippen LogP contribution in [0.15, 0.2) is 46.9 Å². The lowest BCUT2D eigenvalue weighted by Gasteiger charge is -2.07. The van der Waals surface area contributed by atoms with Crippen LogP contribution in [0.5, 0.6) is 0 Å². The molecule has 0 radical (unpaired) electrons. The molecule has 0 aromatic heterocycles. The molecule has 1 aromatic rings. The zero-order valence-corrected chi connectivity index (χ0v) is 11.9. The van der Waals surface area contributed by atoms with Crippen LogP contribution in [0.4, 0.5) is 0 Å². The summed E-state index contributed by atoms with van der Waals surface area (Å²) in [6.45, 7) is 1.96. The van der Waals surface area contributed by atoms with Gasteiger partial charge in [-0.1, -0.05) is 37.6 Å². The highest BCUT2D eigenvalue weighted by Gasteiger charge is 2.21. The van der Waals surface area contributed by atoms with Gasteiger partial charge in [0.05, 0.1) is 17.8 Å². The van der Waals surface area contributed by atoms with Crippen LogP contribution in [0, 0.1) is 0 Å². The molecule has 0 bridgehead atoms.